The van der Waals surface area contributed by atoms with Crippen LogP contribution < -0.4 is 10.6 Å². The number of hydrogen-bond donors (Lipinski definition) is 3. The molecular formula is C16H19N5O3. The lowest BCUT2D eigenvalue weighted by Gasteiger charge is -2.26. The fourth-order valence-corrected chi connectivity index (χ4v) is 2.83. The zero-order chi connectivity index (χ0) is 16.9. The van der Waals surface area contributed by atoms with Gasteiger partial charge in [0, 0.05) is 6.04 Å². The molecule has 1 aromatic heterocycles. The van der Waals surface area contributed by atoms with Gasteiger partial charge in [-0.05, 0) is 37.8 Å². The molecule has 1 heterocycles. The molecule has 8 heteroatoms. The van der Waals surface area contributed by atoms with Gasteiger partial charge in [0.05, 0.1) is 17.8 Å². The number of aliphatic carboxylic acids is 1. The van der Waals surface area contributed by atoms with Gasteiger partial charge >= 0.3 is 12.0 Å². The molecule has 0 unspecified atom stereocenters. The molecule has 0 saturated heterocycles. The van der Waals surface area contributed by atoms with Crippen LogP contribution in [-0.2, 0) is 4.79 Å². The summed E-state index contributed by atoms with van der Waals surface area (Å²) >= 11 is 0. The molecule has 0 aliphatic heterocycles. The Kier molecular flexibility index (Phi) is 4.74. The average molecular weight is 329 g/mol. The summed E-state index contributed by atoms with van der Waals surface area (Å²) in [4.78, 5) is 24.4. The van der Waals surface area contributed by atoms with Crippen molar-refractivity contribution >= 4 is 17.8 Å². The molecule has 3 rings (SSSR count). The average Bonchev–Trinajstić information content (AvgIpc) is 3.04. The van der Waals surface area contributed by atoms with Gasteiger partial charge in [0.2, 0.25) is 0 Å². The van der Waals surface area contributed by atoms with Gasteiger partial charge in [-0.3, -0.25) is 10.1 Å². The maximum atomic E-state index is 12.0. The molecule has 0 radical (unpaired) electrons. The molecule has 2 aromatic rings. The third-order valence-corrected chi connectivity index (χ3v) is 4.13. The number of urea groups is 1. The summed E-state index contributed by atoms with van der Waals surface area (Å²) in [7, 11) is 0. The number of para-hydroxylation sites is 1. The Morgan fingerprint density at radius 1 is 1.12 bits per heavy atom. The van der Waals surface area contributed by atoms with E-state index in [9.17, 15) is 9.59 Å². The van der Waals surface area contributed by atoms with Gasteiger partial charge in [-0.1, -0.05) is 18.2 Å². The lowest BCUT2D eigenvalue weighted by molar-refractivity contribution is -0.142. The molecule has 0 bridgehead atoms. The van der Waals surface area contributed by atoms with E-state index in [1.54, 1.807) is 0 Å². The molecule has 1 fully saturated rings. The number of benzene rings is 1. The summed E-state index contributed by atoms with van der Waals surface area (Å²) in [6, 6.07) is 9.03. The fraction of sp³-hybridized carbons (Fsp3) is 0.375. The Bertz CT molecular complexity index is 708. The summed E-state index contributed by atoms with van der Waals surface area (Å²) in [5.41, 5.74) is 0.804. The molecule has 1 saturated carbocycles. The van der Waals surface area contributed by atoms with Gasteiger partial charge < -0.3 is 10.4 Å². The van der Waals surface area contributed by atoms with E-state index in [1.807, 2.05) is 30.3 Å². The number of amides is 2. The van der Waals surface area contributed by atoms with Crippen LogP contribution in [0, 0.1) is 5.92 Å². The van der Waals surface area contributed by atoms with Gasteiger partial charge in [0.15, 0.2) is 5.82 Å². The first-order chi connectivity index (χ1) is 11.6. The van der Waals surface area contributed by atoms with Gasteiger partial charge in [-0.2, -0.15) is 5.10 Å². The molecule has 8 nitrogen and oxygen atoms in total. The first kappa shape index (κ1) is 16.0. The van der Waals surface area contributed by atoms with Crippen molar-refractivity contribution in [1.29, 1.82) is 0 Å². The van der Waals surface area contributed by atoms with Crippen molar-refractivity contribution in [3.8, 4) is 5.69 Å². The van der Waals surface area contributed by atoms with Crippen LogP contribution in [0.4, 0.5) is 10.6 Å². The standard InChI is InChI=1S/C16H19N5O3/c22-15(23)11-6-8-12(9-7-11)18-16(24)19-14-10-17-21(20-14)13-4-2-1-3-5-13/h1-5,10-12H,6-9H2,(H,22,23)(H2,18,19,20,24). The molecule has 1 aliphatic rings. The summed E-state index contributed by atoms with van der Waals surface area (Å²) in [6.45, 7) is 0. The van der Waals surface area contributed by atoms with Crippen molar-refractivity contribution in [3.63, 3.8) is 0 Å². The van der Waals surface area contributed by atoms with Crippen LogP contribution in [0.2, 0.25) is 0 Å². The number of carbonyl (C=O) groups is 2. The van der Waals surface area contributed by atoms with Crippen LogP contribution in [0.15, 0.2) is 36.5 Å². The Hall–Kier alpha value is -2.90. The number of nitrogens with one attached hydrogen (secondary N) is 2. The van der Waals surface area contributed by atoms with Gasteiger partial charge in [0.25, 0.3) is 0 Å². The van der Waals surface area contributed by atoms with Crippen molar-refractivity contribution in [2.24, 2.45) is 5.92 Å². The monoisotopic (exact) mass is 329 g/mol. The number of anilines is 1. The van der Waals surface area contributed by atoms with E-state index >= 15 is 0 Å². The maximum absolute atomic E-state index is 12.0. The van der Waals surface area contributed by atoms with Gasteiger partial charge in [-0.15, -0.1) is 9.90 Å². The first-order valence-corrected chi connectivity index (χ1v) is 7.90. The zero-order valence-electron chi connectivity index (χ0n) is 13.1. The minimum Gasteiger partial charge on any atom is -0.481 e. The van der Waals surface area contributed by atoms with E-state index in [2.05, 4.69) is 20.8 Å². The van der Waals surface area contributed by atoms with Crippen molar-refractivity contribution in [2.75, 3.05) is 5.32 Å². The highest BCUT2D eigenvalue weighted by Crippen LogP contribution is 2.24. The van der Waals surface area contributed by atoms with E-state index in [0.717, 1.165) is 5.69 Å². The zero-order valence-corrected chi connectivity index (χ0v) is 13.1. The second-order valence-corrected chi connectivity index (χ2v) is 5.84. The Morgan fingerprint density at radius 3 is 2.50 bits per heavy atom. The summed E-state index contributed by atoms with van der Waals surface area (Å²) in [5, 5.41) is 22.8. The molecule has 0 atom stereocenters. The SMILES string of the molecule is O=C(Nc1cnn(-c2ccccc2)n1)NC1CCC(C(=O)O)CC1. The van der Waals surface area contributed by atoms with Gasteiger partial charge in [0.1, 0.15) is 0 Å². The van der Waals surface area contributed by atoms with Crippen LogP contribution in [-0.4, -0.2) is 38.1 Å². The molecule has 0 spiro atoms. The predicted octanol–water partition coefficient (Wildman–Crippen LogP) is 2.03. The molecule has 1 aliphatic carbocycles. The largest absolute Gasteiger partial charge is 0.481 e. The third kappa shape index (κ3) is 3.89. The lowest BCUT2D eigenvalue weighted by Crippen LogP contribution is -2.41. The number of hydrogen-bond acceptors (Lipinski definition) is 4. The van der Waals surface area contributed by atoms with E-state index in [1.165, 1.54) is 11.0 Å². The molecule has 126 valence electrons. The molecular weight excluding hydrogens is 310 g/mol. The third-order valence-electron chi connectivity index (χ3n) is 4.13. The molecule has 1 aromatic carbocycles. The Morgan fingerprint density at radius 2 is 1.83 bits per heavy atom. The predicted molar refractivity (Wildman–Crippen MR) is 86.9 cm³/mol. The topological polar surface area (TPSA) is 109 Å². The number of aromatic nitrogens is 3. The highest BCUT2D eigenvalue weighted by atomic mass is 16.4. The number of carbonyl (C=O) groups excluding carboxylic acids is 1. The van der Waals surface area contributed by atoms with E-state index in [4.69, 9.17) is 5.11 Å². The second kappa shape index (κ2) is 7.12. The first-order valence-electron chi connectivity index (χ1n) is 7.90. The van der Waals surface area contributed by atoms with E-state index in [-0.39, 0.29) is 18.0 Å². The molecule has 2 amide bonds. The van der Waals surface area contributed by atoms with Gasteiger partial charge in [-0.25, -0.2) is 4.79 Å². The molecule has 3 N–H and O–H groups in total. The van der Waals surface area contributed by atoms with E-state index in [0.29, 0.717) is 31.5 Å². The summed E-state index contributed by atoms with van der Waals surface area (Å²) in [6.07, 6.45) is 3.99. The smallest absolute Gasteiger partial charge is 0.320 e. The number of carboxylic acid groups (broad SMARTS) is 1. The number of rotatable bonds is 4. The summed E-state index contributed by atoms with van der Waals surface area (Å²) < 4.78 is 0. The normalized spacial score (nSPS) is 20.3. The van der Waals surface area contributed by atoms with Crippen molar-refractivity contribution < 1.29 is 14.7 Å². The number of nitrogens with zero attached hydrogens (tertiary/aromatic N) is 3. The fourth-order valence-electron chi connectivity index (χ4n) is 2.83. The Balaban J connectivity index is 1.51. The highest BCUT2D eigenvalue weighted by molar-refractivity contribution is 5.88. The highest BCUT2D eigenvalue weighted by Gasteiger charge is 2.26. The quantitative estimate of drug-likeness (QED) is 0.795. The minimum absolute atomic E-state index is 0.00947. The summed E-state index contributed by atoms with van der Waals surface area (Å²) in [5.74, 6) is -0.692. The maximum Gasteiger partial charge on any atom is 0.320 e. The van der Waals surface area contributed by atoms with Crippen LogP contribution >= 0.6 is 0 Å². The van der Waals surface area contributed by atoms with E-state index < -0.39 is 5.97 Å². The lowest BCUT2D eigenvalue weighted by atomic mass is 9.86. The van der Waals surface area contributed by atoms with Crippen molar-refractivity contribution in [2.45, 2.75) is 31.7 Å². The van der Waals surface area contributed by atoms with Crippen LogP contribution in [0.5, 0.6) is 0 Å². The van der Waals surface area contributed by atoms with Crippen molar-refractivity contribution in [1.82, 2.24) is 20.3 Å². The minimum atomic E-state index is -0.754. The second-order valence-electron chi connectivity index (χ2n) is 5.84. The van der Waals surface area contributed by atoms with Crippen LogP contribution in [0.1, 0.15) is 25.7 Å². The van der Waals surface area contributed by atoms with Crippen LogP contribution in [0.3, 0.4) is 0 Å². The Labute approximate surface area is 138 Å². The van der Waals surface area contributed by atoms with Crippen LogP contribution in [0.25, 0.3) is 5.69 Å². The van der Waals surface area contributed by atoms with Crippen molar-refractivity contribution in [3.05, 3.63) is 36.5 Å². The number of carboxylic acids is 1. The molecule has 24 heavy (non-hydrogen) atoms.